The van der Waals surface area contributed by atoms with Gasteiger partial charge >= 0.3 is 0 Å². The summed E-state index contributed by atoms with van der Waals surface area (Å²) in [4.78, 5) is 13.2. The lowest BCUT2D eigenvalue weighted by atomic mass is 10.4. The molecule has 0 unspecified atom stereocenters. The normalized spacial score (nSPS) is 25.5. The largest absolute Gasteiger partial charge is 0.341 e. The summed E-state index contributed by atoms with van der Waals surface area (Å²) in [5, 5.41) is 0. The number of hydrogen-bond acceptors (Lipinski definition) is 2. The number of hydrogen-bond donors (Lipinski definition) is 1. The van der Waals surface area contributed by atoms with Gasteiger partial charge in [-0.3, -0.25) is 9.00 Å². The molecule has 3 nitrogen and oxygen atoms in total. The predicted molar refractivity (Wildman–Crippen MR) is 52.1 cm³/mol. The minimum Gasteiger partial charge on any atom is -0.341 e. The third-order valence-corrected chi connectivity index (χ3v) is 4.24. The summed E-state index contributed by atoms with van der Waals surface area (Å²) in [5.41, 5.74) is 0. The topological polar surface area (TPSA) is 37.4 Å². The van der Waals surface area contributed by atoms with E-state index in [0.717, 1.165) is 13.0 Å². The first-order valence-electron chi connectivity index (χ1n) is 4.38. The van der Waals surface area contributed by atoms with Crippen molar-refractivity contribution < 1.29 is 9.00 Å². The summed E-state index contributed by atoms with van der Waals surface area (Å²) in [7, 11) is -2.09. The fraction of sp³-hybridized carbons (Fsp3) is 0.875. The Balaban J connectivity index is 2.54. The van der Waals surface area contributed by atoms with E-state index >= 15 is 0 Å². The molecule has 1 amide bonds. The third kappa shape index (κ3) is 2.30. The number of carbonyl (C=O) groups excluding carboxylic acids is 1. The standard InChI is InChI=1S/C8H17NO2S/c1-3-4-9-5-6-12(2,11)7-8(9)10/h12H,3-7H2,1-2H3. The Morgan fingerprint density at radius 2 is 2.25 bits per heavy atom. The number of thiol groups is 1. The van der Waals surface area contributed by atoms with Crippen LogP contribution < -0.4 is 0 Å². The van der Waals surface area contributed by atoms with Gasteiger partial charge in [-0.05, 0) is 12.7 Å². The van der Waals surface area contributed by atoms with Crippen molar-refractivity contribution in [3.05, 3.63) is 0 Å². The zero-order valence-corrected chi connectivity index (χ0v) is 8.64. The molecule has 0 saturated carbocycles. The van der Waals surface area contributed by atoms with E-state index in [1.54, 1.807) is 6.26 Å². The monoisotopic (exact) mass is 191 g/mol. The van der Waals surface area contributed by atoms with E-state index in [-0.39, 0.29) is 11.7 Å². The van der Waals surface area contributed by atoms with E-state index in [2.05, 4.69) is 0 Å². The van der Waals surface area contributed by atoms with Crippen LogP contribution in [-0.2, 0) is 14.7 Å². The molecule has 4 heteroatoms. The summed E-state index contributed by atoms with van der Waals surface area (Å²) in [6, 6.07) is 0. The molecule has 12 heavy (non-hydrogen) atoms. The summed E-state index contributed by atoms with van der Waals surface area (Å²) >= 11 is 0. The lowest BCUT2D eigenvalue weighted by Gasteiger charge is -2.32. The van der Waals surface area contributed by atoms with Crippen LogP contribution in [0.3, 0.4) is 0 Å². The molecular formula is C8H17NO2S. The van der Waals surface area contributed by atoms with Gasteiger partial charge in [0.25, 0.3) is 0 Å². The van der Waals surface area contributed by atoms with Crippen LogP contribution in [0.2, 0.25) is 0 Å². The highest BCUT2D eigenvalue weighted by Crippen LogP contribution is 2.10. The molecule has 72 valence electrons. The number of carbonyl (C=O) groups is 1. The molecule has 0 atom stereocenters. The molecule has 0 radical (unpaired) electrons. The summed E-state index contributed by atoms with van der Waals surface area (Å²) in [6.07, 6.45) is 2.72. The van der Waals surface area contributed by atoms with Crippen LogP contribution in [0.15, 0.2) is 0 Å². The number of nitrogens with zero attached hydrogens (tertiary/aromatic N) is 1. The first kappa shape index (κ1) is 9.71. The van der Waals surface area contributed by atoms with Crippen molar-refractivity contribution >= 4 is 15.8 Å². The molecule has 1 aliphatic rings. The summed E-state index contributed by atoms with van der Waals surface area (Å²) in [5.74, 6) is 1.07. The van der Waals surface area contributed by atoms with Gasteiger partial charge < -0.3 is 4.90 Å². The van der Waals surface area contributed by atoms with Gasteiger partial charge in [0.15, 0.2) is 0 Å². The van der Waals surface area contributed by atoms with Crippen LogP contribution in [0.25, 0.3) is 0 Å². The van der Waals surface area contributed by atoms with Crippen molar-refractivity contribution in [3.8, 4) is 0 Å². The molecule has 0 aliphatic carbocycles. The number of rotatable bonds is 2. The van der Waals surface area contributed by atoms with Crippen molar-refractivity contribution in [1.29, 1.82) is 0 Å². The van der Waals surface area contributed by atoms with E-state index in [9.17, 15) is 9.00 Å². The zero-order chi connectivity index (χ0) is 9.19. The molecular weight excluding hydrogens is 174 g/mol. The minimum atomic E-state index is -2.09. The molecule has 1 rings (SSSR count). The molecule has 1 saturated heterocycles. The zero-order valence-electron chi connectivity index (χ0n) is 7.75. The van der Waals surface area contributed by atoms with Gasteiger partial charge in [-0.1, -0.05) is 16.9 Å². The highest BCUT2D eigenvalue weighted by Gasteiger charge is 2.25. The highest BCUT2D eigenvalue weighted by atomic mass is 32.2. The average molecular weight is 191 g/mol. The van der Waals surface area contributed by atoms with E-state index < -0.39 is 9.93 Å². The molecule has 0 aromatic heterocycles. The Bertz CT molecular complexity index is 227. The highest BCUT2D eigenvalue weighted by molar-refractivity contribution is 8.03. The Morgan fingerprint density at radius 3 is 2.75 bits per heavy atom. The van der Waals surface area contributed by atoms with Crippen LogP contribution in [0.1, 0.15) is 13.3 Å². The Morgan fingerprint density at radius 1 is 1.58 bits per heavy atom. The molecule has 1 fully saturated rings. The van der Waals surface area contributed by atoms with Crippen LogP contribution in [0, 0.1) is 0 Å². The van der Waals surface area contributed by atoms with Gasteiger partial charge in [0, 0.05) is 18.8 Å². The fourth-order valence-electron chi connectivity index (χ4n) is 1.43. The average Bonchev–Trinajstić information content (AvgIpc) is 1.94. The van der Waals surface area contributed by atoms with Crippen molar-refractivity contribution in [2.75, 3.05) is 30.9 Å². The van der Waals surface area contributed by atoms with Crippen molar-refractivity contribution in [1.82, 2.24) is 4.90 Å². The maximum atomic E-state index is 11.5. The van der Waals surface area contributed by atoms with Gasteiger partial charge in [0.1, 0.15) is 0 Å². The molecule has 0 bridgehead atoms. The second-order valence-corrected chi connectivity index (χ2v) is 6.92. The van der Waals surface area contributed by atoms with Crippen LogP contribution in [0.4, 0.5) is 0 Å². The molecule has 0 N–H and O–H groups in total. The van der Waals surface area contributed by atoms with Crippen molar-refractivity contribution in [3.63, 3.8) is 0 Å². The smallest absolute Gasteiger partial charge is 0.233 e. The first-order chi connectivity index (χ1) is 5.55. The van der Waals surface area contributed by atoms with Gasteiger partial charge in [0.05, 0.1) is 5.75 Å². The fourth-order valence-corrected chi connectivity index (χ4v) is 3.02. The first-order valence-corrected chi connectivity index (χ1v) is 6.91. The predicted octanol–water partition coefficient (Wildman–Crippen LogP) is -0.115. The second-order valence-electron chi connectivity index (χ2n) is 3.56. The molecule has 0 aromatic carbocycles. The molecule has 1 heterocycles. The summed E-state index contributed by atoms with van der Waals surface area (Å²) in [6.45, 7) is 3.56. The SMILES string of the molecule is CCCN1CC[SH](C)(=O)CC1=O. The van der Waals surface area contributed by atoms with Crippen molar-refractivity contribution in [2.45, 2.75) is 13.3 Å². The van der Waals surface area contributed by atoms with Crippen LogP contribution in [0.5, 0.6) is 0 Å². The van der Waals surface area contributed by atoms with Gasteiger partial charge in [0.2, 0.25) is 5.91 Å². The molecule has 0 aromatic rings. The van der Waals surface area contributed by atoms with Crippen LogP contribution in [-0.4, -0.2) is 45.9 Å². The van der Waals surface area contributed by atoms with E-state index in [1.165, 1.54) is 0 Å². The third-order valence-electron chi connectivity index (χ3n) is 2.16. The Hall–Kier alpha value is -0.380. The second kappa shape index (κ2) is 3.56. The van der Waals surface area contributed by atoms with E-state index in [0.29, 0.717) is 12.3 Å². The molecule has 0 spiro atoms. The minimum absolute atomic E-state index is 0.0777. The maximum Gasteiger partial charge on any atom is 0.233 e. The van der Waals surface area contributed by atoms with Crippen LogP contribution >= 0.6 is 0 Å². The Kier molecular flexibility index (Phi) is 2.88. The van der Waals surface area contributed by atoms with Gasteiger partial charge in [-0.15, -0.1) is 0 Å². The van der Waals surface area contributed by atoms with Crippen molar-refractivity contribution in [2.24, 2.45) is 0 Å². The quantitative estimate of drug-likeness (QED) is 0.618. The van der Waals surface area contributed by atoms with Gasteiger partial charge in [-0.2, -0.15) is 0 Å². The molecule has 1 aliphatic heterocycles. The van der Waals surface area contributed by atoms with E-state index in [4.69, 9.17) is 0 Å². The summed E-state index contributed by atoms with van der Waals surface area (Å²) < 4.78 is 11.5. The maximum absolute atomic E-state index is 11.5. The van der Waals surface area contributed by atoms with E-state index in [1.807, 2.05) is 11.8 Å². The Labute approximate surface area is 74.6 Å². The van der Waals surface area contributed by atoms with Gasteiger partial charge in [-0.25, -0.2) is 0 Å². The lowest BCUT2D eigenvalue weighted by molar-refractivity contribution is -0.128. The number of amides is 1. The lowest BCUT2D eigenvalue weighted by Crippen LogP contribution is -2.47.